The van der Waals surface area contributed by atoms with Gasteiger partial charge in [-0.3, -0.25) is 9.59 Å². The third kappa shape index (κ3) is 7.65. The maximum Gasteiger partial charge on any atom is 0.230 e. The standard InChI is InChI=1S/C12H10B.C7H8Cl3NO2/c1-3-7-11(8-4-1)13-12-9-5-2-6-10-12;1-3(12)5(4(2)13)6(11)7(8,9)10/h1-10H;11H2,1-2H3. The number of halogens is 3. The molecule has 3 nitrogen and oxygen atoms in total. The Kier molecular flexibility index (Phi) is 8.93. The van der Waals surface area contributed by atoms with Gasteiger partial charge in [-0.1, -0.05) is 106 Å². The van der Waals surface area contributed by atoms with Crippen LogP contribution < -0.4 is 16.7 Å². The summed E-state index contributed by atoms with van der Waals surface area (Å²) in [6.45, 7) is 2.36. The van der Waals surface area contributed by atoms with E-state index in [9.17, 15) is 9.59 Å². The third-order valence-corrected chi connectivity index (χ3v) is 3.82. The van der Waals surface area contributed by atoms with Crippen LogP contribution in [0.3, 0.4) is 0 Å². The largest absolute Gasteiger partial charge is 0.398 e. The number of benzene rings is 2. The number of ketones is 2. The summed E-state index contributed by atoms with van der Waals surface area (Å²) in [5, 5.41) is 0. The lowest BCUT2D eigenvalue weighted by atomic mass is 9.64. The van der Waals surface area contributed by atoms with Gasteiger partial charge in [-0.05, 0) is 13.8 Å². The van der Waals surface area contributed by atoms with Crippen LogP contribution >= 0.6 is 34.8 Å². The number of carbonyl (C=O) groups excluding carboxylic acids is 2. The number of hydrogen-bond donors (Lipinski definition) is 1. The van der Waals surface area contributed by atoms with Crippen LogP contribution in [0, 0.1) is 0 Å². The number of nitrogens with two attached hydrogens (primary N) is 1. The van der Waals surface area contributed by atoms with E-state index >= 15 is 0 Å². The highest BCUT2D eigenvalue weighted by molar-refractivity contribution is 6.69. The number of allylic oxidation sites excluding steroid dienone is 2. The molecule has 7 heteroatoms. The van der Waals surface area contributed by atoms with Gasteiger partial charge in [0.15, 0.2) is 18.8 Å². The Balaban J connectivity index is 0.000000260. The minimum absolute atomic E-state index is 0.264. The van der Waals surface area contributed by atoms with Crippen LogP contribution in [0.4, 0.5) is 0 Å². The van der Waals surface area contributed by atoms with E-state index in [-0.39, 0.29) is 11.3 Å². The van der Waals surface area contributed by atoms with E-state index in [1.807, 2.05) is 12.1 Å². The highest BCUT2D eigenvalue weighted by Crippen LogP contribution is 2.33. The minimum atomic E-state index is -1.92. The summed E-state index contributed by atoms with van der Waals surface area (Å²) in [4.78, 5) is 21.9. The Morgan fingerprint density at radius 3 is 1.38 bits per heavy atom. The van der Waals surface area contributed by atoms with E-state index in [1.54, 1.807) is 0 Å². The number of hydrogen-bond acceptors (Lipinski definition) is 3. The Morgan fingerprint density at radius 2 is 1.15 bits per heavy atom. The molecule has 0 saturated heterocycles. The van der Waals surface area contributed by atoms with Gasteiger partial charge in [-0.2, -0.15) is 0 Å². The molecule has 0 atom stereocenters. The molecule has 0 aliphatic carbocycles. The van der Waals surface area contributed by atoms with Gasteiger partial charge in [0.25, 0.3) is 0 Å². The van der Waals surface area contributed by atoms with Crippen LogP contribution in [0.1, 0.15) is 13.8 Å². The smallest absolute Gasteiger partial charge is 0.230 e. The molecule has 2 rings (SSSR count). The van der Waals surface area contributed by atoms with Crippen molar-refractivity contribution in [2.24, 2.45) is 5.73 Å². The van der Waals surface area contributed by atoms with Crippen LogP contribution in [0.2, 0.25) is 0 Å². The van der Waals surface area contributed by atoms with Crippen molar-refractivity contribution in [2.45, 2.75) is 17.6 Å². The van der Waals surface area contributed by atoms with E-state index in [2.05, 4.69) is 55.8 Å². The molecule has 0 saturated carbocycles. The van der Waals surface area contributed by atoms with Crippen LogP contribution in [0.25, 0.3) is 0 Å². The predicted octanol–water partition coefficient (Wildman–Crippen LogP) is 3.09. The van der Waals surface area contributed by atoms with Gasteiger partial charge >= 0.3 is 0 Å². The first-order valence-electron chi connectivity index (χ1n) is 7.66. The highest BCUT2D eigenvalue weighted by atomic mass is 35.6. The second-order valence-electron chi connectivity index (χ2n) is 5.36. The van der Waals surface area contributed by atoms with Crippen LogP contribution in [0.15, 0.2) is 71.9 Å². The van der Waals surface area contributed by atoms with Gasteiger partial charge in [0.2, 0.25) is 3.79 Å². The molecule has 0 bridgehead atoms. The van der Waals surface area contributed by atoms with Crippen molar-refractivity contribution in [1.82, 2.24) is 0 Å². The first kappa shape index (κ1) is 22.3. The molecule has 2 aromatic rings. The highest BCUT2D eigenvalue weighted by Gasteiger charge is 2.30. The average molecular weight is 410 g/mol. The summed E-state index contributed by atoms with van der Waals surface area (Å²) < 4.78 is -1.92. The van der Waals surface area contributed by atoms with E-state index in [0.717, 1.165) is 0 Å². The number of carbonyl (C=O) groups is 2. The molecule has 2 aromatic carbocycles. The molecule has 0 heterocycles. The summed E-state index contributed by atoms with van der Waals surface area (Å²) >= 11 is 16.2. The summed E-state index contributed by atoms with van der Waals surface area (Å²) in [5.41, 5.74) is 7.23. The Morgan fingerprint density at radius 1 is 0.808 bits per heavy atom. The summed E-state index contributed by atoms with van der Waals surface area (Å²) in [7, 11) is 2.17. The van der Waals surface area contributed by atoms with Crippen molar-refractivity contribution < 1.29 is 9.59 Å². The molecule has 0 aliphatic heterocycles. The molecule has 0 aliphatic rings. The molecular formula is C19H18BCl3NO2. The van der Waals surface area contributed by atoms with Gasteiger partial charge in [0.05, 0.1) is 11.3 Å². The summed E-state index contributed by atoms with van der Waals surface area (Å²) in [6, 6.07) is 20.7. The molecule has 1 radical (unpaired) electrons. The average Bonchev–Trinajstić information content (AvgIpc) is 2.56. The molecule has 0 unspecified atom stereocenters. The lowest BCUT2D eigenvalue weighted by Gasteiger charge is -2.13. The summed E-state index contributed by atoms with van der Waals surface area (Å²) in [6.07, 6.45) is 0. The monoisotopic (exact) mass is 408 g/mol. The molecule has 0 amide bonds. The third-order valence-electron chi connectivity index (χ3n) is 3.21. The second-order valence-corrected chi connectivity index (χ2v) is 7.65. The van der Waals surface area contributed by atoms with Gasteiger partial charge in [-0.15, -0.1) is 0 Å². The quantitative estimate of drug-likeness (QED) is 0.278. The van der Waals surface area contributed by atoms with Crippen molar-refractivity contribution in [3.05, 3.63) is 71.9 Å². The predicted molar refractivity (Wildman–Crippen MR) is 111 cm³/mol. The van der Waals surface area contributed by atoms with Crippen molar-refractivity contribution in [2.75, 3.05) is 0 Å². The SMILES string of the molecule is CC(=O)C(C(C)=O)=C(N)C(Cl)(Cl)Cl.[B](c1ccccc1)c1ccccc1. The van der Waals surface area contributed by atoms with Gasteiger partial charge in [-0.25, -0.2) is 0 Å². The fourth-order valence-electron chi connectivity index (χ4n) is 2.06. The fraction of sp³-hybridized carbons (Fsp3) is 0.158. The lowest BCUT2D eigenvalue weighted by molar-refractivity contribution is -0.119. The van der Waals surface area contributed by atoms with Crippen molar-refractivity contribution in [1.29, 1.82) is 0 Å². The molecular weight excluding hydrogens is 391 g/mol. The number of Topliss-reactive ketones (excluding diaryl/α,β-unsaturated/α-hetero) is 2. The first-order chi connectivity index (χ1) is 12.1. The minimum Gasteiger partial charge on any atom is -0.398 e. The van der Waals surface area contributed by atoms with E-state index in [4.69, 9.17) is 40.5 Å². The van der Waals surface area contributed by atoms with E-state index in [1.165, 1.54) is 24.8 Å². The van der Waals surface area contributed by atoms with Crippen LogP contribution in [-0.4, -0.2) is 22.6 Å². The zero-order chi connectivity index (χ0) is 19.7. The van der Waals surface area contributed by atoms with Gasteiger partial charge in [0, 0.05) is 0 Å². The topological polar surface area (TPSA) is 60.2 Å². The van der Waals surface area contributed by atoms with Gasteiger partial charge in [0.1, 0.15) is 0 Å². The maximum atomic E-state index is 10.9. The zero-order valence-corrected chi connectivity index (χ0v) is 16.6. The fourth-order valence-corrected chi connectivity index (χ4v) is 2.34. The molecule has 0 fully saturated rings. The van der Waals surface area contributed by atoms with E-state index in [0.29, 0.717) is 0 Å². The molecule has 26 heavy (non-hydrogen) atoms. The number of alkyl halides is 3. The molecule has 2 N–H and O–H groups in total. The van der Waals surface area contributed by atoms with Crippen molar-refractivity contribution in [3.8, 4) is 0 Å². The Labute approximate surface area is 169 Å². The van der Waals surface area contributed by atoms with Crippen molar-refractivity contribution >= 4 is 64.6 Å². The van der Waals surface area contributed by atoms with Crippen molar-refractivity contribution in [3.63, 3.8) is 0 Å². The maximum absolute atomic E-state index is 10.9. The summed E-state index contributed by atoms with van der Waals surface area (Å²) in [5.74, 6) is -1.03. The van der Waals surface area contributed by atoms with Crippen LogP contribution in [-0.2, 0) is 9.59 Å². The second kappa shape index (κ2) is 10.4. The normalized spacial score (nSPS) is 10.2. The molecule has 0 aromatic heterocycles. The Hall–Kier alpha value is -1.75. The molecule has 135 valence electrons. The Bertz CT molecular complexity index is 719. The number of rotatable bonds is 4. The van der Waals surface area contributed by atoms with Gasteiger partial charge < -0.3 is 5.73 Å². The first-order valence-corrected chi connectivity index (χ1v) is 8.80. The zero-order valence-electron chi connectivity index (χ0n) is 14.4. The van der Waals surface area contributed by atoms with E-state index < -0.39 is 15.4 Å². The lowest BCUT2D eigenvalue weighted by Crippen LogP contribution is -2.26. The van der Waals surface area contributed by atoms with Crippen LogP contribution in [0.5, 0.6) is 0 Å². The molecule has 0 spiro atoms.